The minimum Gasteiger partial charge on any atom is -0.382 e. The first-order chi connectivity index (χ1) is 10.4. The molecule has 1 N–H and O–H groups in total. The van der Waals surface area contributed by atoms with Crippen LogP contribution in [0.2, 0.25) is 0 Å². The van der Waals surface area contributed by atoms with Gasteiger partial charge in [-0.15, -0.1) is 17.8 Å². The Labute approximate surface area is 130 Å². The lowest BCUT2D eigenvalue weighted by atomic mass is 10.0. The average Bonchev–Trinajstić information content (AvgIpc) is 3.04. The van der Waals surface area contributed by atoms with E-state index in [-0.39, 0.29) is 0 Å². The molecule has 0 aliphatic carbocycles. The lowest BCUT2D eigenvalue weighted by Crippen LogP contribution is -2.39. The number of thiophene rings is 1. The van der Waals surface area contributed by atoms with E-state index in [2.05, 4.69) is 57.9 Å². The standard InChI is InChI=1S/C18H20N2S/c1-2-11-20-12-9-15(10-13-20)19-17-7-4-3-6-16(17)18-8-5-14-21-18/h1,3-8,14-15,19H,9-13H2. The van der Waals surface area contributed by atoms with Gasteiger partial charge in [-0.05, 0) is 30.4 Å². The number of para-hydroxylation sites is 1. The summed E-state index contributed by atoms with van der Waals surface area (Å²) in [6.07, 6.45) is 7.69. The molecule has 0 atom stereocenters. The van der Waals surface area contributed by atoms with Gasteiger partial charge in [-0.3, -0.25) is 4.90 Å². The van der Waals surface area contributed by atoms with Crippen molar-refractivity contribution < 1.29 is 0 Å². The lowest BCUT2D eigenvalue weighted by molar-refractivity contribution is 0.243. The first-order valence-corrected chi connectivity index (χ1v) is 8.30. The highest BCUT2D eigenvalue weighted by Gasteiger charge is 2.19. The van der Waals surface area contributed by atoms with Gasteiger partial charge in [-0.1, -0.05) is 30.2 Å². The zero-order valence-electron chi connectivity index (χ0n) is 12.1. The molecule has 2 nitrogen and oxygen atoms in total. The van der Waals surface area contributed by atoms with Gasteiger partial charge in [0, 0.05) is 35.3 Å². The largest absolute Gasteiger partial charge is 0.382 e. The summed E-state index contributed by atoms with van der Waals surface area (Å²) in [7, 11) is 0. The first kappa shape index (κ1) is 14.2. The summed E-state index contributed by atoms with van der Waals surface area (Å²) in [4.78, 5) is 3.67. The summed E-state index contributed by atoms with van der Waals surface area (Å²) in [5.74, 6) is 2.74. The third kappa shape index (κ3) is 3.47. The molecule has 1 aliphatic heterocycles. The lowest BCUT2D eigenvalue weighted by Gasteiger charge is -2.32. The molecule has 21 heavy (non-hydrogen) atoms. The van der Waals surface area contributed by atoms with Gasteiger partial charge in [0.05, 0.1) is 6.54 Å². The number of likely N-dealkylation sites (tertiary alicyclic amines) is 1. The molecule has 0 saturated carbocycles. The number of piperidine rings is 1. The highest BCUT2D eigenvalue weighted by atomic mass is 32.1. The fourth-order valence-corrected chi connectivity index (χ4v) is 3.61. The molecule has 0 radical (unpaired) electrons. The van der Waals surface area contributed by atoms with E-state index in [9.17, 15) is 0 Å². The Balaban J connectivity index is 1.68. The van der Waals surface area contributed by atoms with E-state index < -0.39 is 0 Å². The quantitative estimate of drug-likeness (QED) is 0.860. The third-order valence-electron chi connectivity index (χ3n) is 3.98. The van der Waals surface area contributed by atoms with Crippen molar-refractivity contribution in [2.24, 2.45) is 0 Å². The van der Waals surface area contributed by atoms with Crippen molar-refractivity contribution in [1.29, 1.82) is 0 Å². The Bertz CT molecular complexity index is 604. The molecule has 1 aromatic carbocycles. The summed E-state index contributed by atoms with van der Waals surface area (Å²) in [6, 6.07) is 13.4. The Morgan fingerprint density at radius 1 is 1.19 bits per heavy atom. The van der Waals surface area contributed by atoms with E-state index in [1.54, 1.807) is 11.3 Å². The number of hydrogen-bond donors (Lipinski definition) is 1. The minimum absolute atomic E-state index is 0.542. The number of nitrogens with one attached hydrogen (secondary N) is 1. The van der Waals surface area contributed by atoms with E-state index in [1.807, 2.05) is 0 Å². The fraction of sp³-hybridized carbons (Fsp3) is 0.333. The van der Waals surface area contributed by atoms with Gasteiger partial charge in [0.25, 0.3) is 0 Å². The van der Waals surface area contributed by atoms with Gasteiger partial charge in [0.2, 0.25) is 0 Å². The second-order valence-electron chi connectivity index (χ2n) is 5.42. The average molecular weight is 296 g/mol. The van der Waals surface area contributed by atoms with Crippen LogP contribution >= 0.6 is 11.3 Å². The van der Waals surface area contributed by atoms with E-state index in [0.29, 0.717) is 6.04 Å². The molecule has 1 saturated heterocycles. The number of anilines is 1. The van der Waals surface area contributed by atoms with Crippen molar-refractivity contribution in [3.8, 4) is 22.8 Å². The summed E-state index contributed by atoms with van der Waals surface area (Å²) < 4.78 is 0. The van der Waals surface area contributed by atoms with Crippen molar-refractivity contribution >= 4 is 17.0 Å². The normalized spacial score (nSPS) is 16.5. The SMILES string of the molecule is C#CCN1CCC(Nc2ccccc2-c2cccs2)CC1. The van der Waals surface area contributed by atoms with Gasteiger partial charge in [0.15, 0.2) is 0 Å². The highest BCUT2D eigenvalue weighted by molar-refractivity contribution is 7.13. The maximum absolute atomic E-state index is 5.39. The Morgan fingerprint density at radius 2 is 2.00 bits per heavy atom. The monoisotopic (exact) mass is 296 g/mol. The number of hydrogen-bond acceptors (Lipinski definition) is 3. The first-order valence-electron chi connectivity index (χ1n) is 7.42. The van der Waals surface area contributed by atoms with Gasteiger partial charge in [-0.25, -0.2) is 0 Å². The number of nitrogens with zero attached hydrogens (tertiary/aromatic N) is 1. The molecule has 2 heterocycles. The molecule has 108 valence electrons. The van der Waals surface area contributed by atoms with Crippen LogP contribution in [0.15, 0.2) is 41.8 Å². The molecular weight excluding hydrogens is 276 g/mol. The second kappa shape index (κ2) is 6.80. The molecule has 1 aliphatic rings. The topological polar surface area (TPSA) is 15.3 Å². The van der Waals surface area contributed by atoms with E-state index in [4.69, 9.17) is 6.42 Å². The molecular formula is C18H20N2S. The van der Waals surface area contributed by atoms with Crippen LogP contribution in [0.4, 0.5) is 5.69 Å². The predicted molar refractivity (Wildman–Crippen MR) is 91.7 cm³/mol. The van der Waals surface area contributed by atoms with E-state index in [1.165, 1.54) is 16.1 Å². The maximum atomic E-state index is 5.39. The Morgan fingerprint density at radius 3 is 2.71 bits per heavy atom. The van der Waals surface area contributed by atoms with Crippen molar-refractivity contribution in [2.45, 2.75) is 18.9 Å². The van der Waals surface area contributed by atoms with Crippen LogP contribution in [0, 0.1) is 12.3 Å². The highest BCUT2D eigenvalue weighted by Crippen LogP contribution is 2.32. The number of rotatable bonds is 4. The van der Waals surface area contributed by atoms with Crippen LogP contribution in [0.1, 0.15) is 12.8 Å². The van der Waals surface area contributed by atoms with Crippen LogP contribution in [0.25, 0.3) is 10.4 Å². The summed E-state index contributed by atoms with van der Waals surface area (Å²) in [6.45, 7) is 2.95. The van der Waals surface area contributed by atoms with Crippen LogP contribution in [0.3, 0.4) is 0 Å². The minimum atomic E-state index is 0.542. The number of benzene rings is 1. The Hall–Kier alpha value is -1.76. The van der Waals surface area contributed by atoms with Crippen molar-refractivity contribution in [2.75, 3.05) is 25.0 Å². The molecule has 1 fully saturated rings. The van der Waals surface area contributed by atoms with Crippen LogP contribution in [-0.2, 0) is 0 Å². The predicted octanol–water partition coefficient (Wildman–Crippen LogP) is 3.92. The van der Waals surface area contributed by atoms with Crippen LogP contribution in [0.5, 0.6) is 0 Å². The van der Waals surface area contributed by atoms with Crippen LogP contribution in [-0.4, -0.2) is 30.6 Å². The zero-order chi connectivity index (χ0) is 14.5. The van der Waals surface area contributed by atoms with Crippen molar-refractivity contribution in [1.82, 2.24) is 4.90 Å². The number of terminal acetylenes is 1. The molecule has 2 aromatic rings. The van der Waals surface area contributed by atoms with E-state index in [0.717, 1.165) is 32.5 Å². The fourth-order valence-electron chi connectivity index (χ4n) is 2.84. The summed E-state index contributed by atoms with van der Waals surface area (Å²) >= 11 is 1.79. The third-order valence-corrected chi connectivity index (χ3v) is 4.88. The summed E-state index contributed by atoms with van der Waals surface area (Å²) in [5.41, 5.74) is 2.55. The zero-order valence-corrected chi connectivity index (χ0v) is 12.9. The van der Waals surface area contributed by atoms with E-state index >= 15 is 0 Å². The molecule has 0 amide bonds. The second-order valence-corrected chi connectivity index (χ2v) is 6.37. The summed E-state index contributed by atoms with van der Waals surface area (Å²) in [5, 5.41) is 5.86. The molecule has 0 bridgehead atoms. The van der Waals surface area contributed by atoms with Gasteiger partial charge in [-0.2, -0.15) is 0 Å². The van der Waals surface area contributed by atoms with Crippen molar-refractivity contribution in [3.63, 3.8) is 0 Å². The van der Waals surface area contributed by atoms with Gasteiger partial charge >= 0.3 is 0 Å². The maximum Gasteiger partial charge on any atom is 0.0598 e. The molecule has 3 heteroatoms. The van der Waals surface area contributed by atoms with Gasteiger partial charge < -0.3 is 5.32 Å². The molecule has 0 spiro atoms. The smallest absolute Gasteiger partial charge is 0.0598 e. The molecule has 1 aromatic heterocycles. The molecule has 3 rings (SSSR count). The van der Waals surface area contributed by atoms with Gasteiger partial charge in [0.1, 0.15) is 0 Å². The molecule has 0 unspecified atom stereocenters. The Kier molecular flexibility index (Phi) is 4.59. The van der Waals surface area contributed by atoms with Crippen LogP contribution < -0.4 is 5.32 Å². The van der Waals surface area contributed by atoms with Crippen molar-refractivity contribution in [3.05, 3.63) is 41.8 Å².